The van der Waals surface area contributed by atoms with Gasteiger partial charge in [0, 0.05) is 48.9 Å². The second kappa shape index (κ2) is 11.1. The number of hydrogen-bond donors (Lipinski definition) is 3. The molecule has 3 N–H and O–H groups in total. The fourth-order valence-corrected chi connectivity index (χ4v) is 5.67. The van der Waals surface area contributed by atoms with Gasteiger partial charge in [-0.2, -0.15) is 0 Å². The molecule has 0 radical (unpaired) electrons. The van der Waals surface area contributed by atoms with Crippen LogP contribution in [0.25, 0.3) is 22.0 Å². The van der Waals surface area contributed by atoms with E-state index in [1.807, 2.05) is 25.2 Å². The summed E-state index contributed by atoms with van der Waals surface area (Å²) in [5.74, 6) is 0.395. The Hall–Kier alpha value is -3.65. The monoisotopic (exact) mass is 556 g/mol. The molecule has 40 heavy (non-hydrogen) atoms. The number of likely N-dealkylation sites (tertiary alicyclic amines) is 1. The molecular formula is C32H33ClN4O3. The van der Waals surface area contributed by atoms with E-state index in [1.54, 1.807) is 18.3 Å². The number of ketones is 1. The van der Waals surface area contributed by atoms with Gasteiger partial charge in [0.25, 0.3) is 0 Å². The fourth-order valence-electron chi connectivity index (χ4n) is 5.46. The van der Waals surface area contributed by atoms with E-state index in [2.05, 4.69) is 44.8 Å². The molecule has 0 bridgehead atoms. The number of benzene rings is 3. The number of nitrogens with one attached hydrogen (secondary N) is 2. The van der Waals surface area contributed by atoms with E-state index in [-0.39, 0.29) is 22.5 Å². The summed E-state index contributed by atoms with van der Waals surface area (Å²) in [7, 11) is 3.52. The number of anilines is 2. The summed E-state index contributed by atoms with van der Waals surface area (Å²) in [6, 6.07) is 18.4. The number of pyridine rings is 1. The summed E-state index contributed by atoms with van der Waals surface area (Å²) in [6.45, 7) is 3.08. The first kappa shape index (κ1) is 26.6. The molecule has 1 aliphatic carbocycles. The first-order valence-corrected chi connectivity index (χ1v) is 14.1. The molecule has 2 aliphatic rings. The van der Waals surface area contributed by atoms with Crippen LogP contribution in [0.4, 0.5) is 11.4 Å². The first-order chi connectivity index (χ1) is 19.4. The minimum Gasteiger partial charge on any atom is -0.503 e. The van der Waals surface area contributed by atoms with Crippen molar-refractivity contribution in [2.45, 2.75) is 31.8 Å². The van der Waals surface area contributed by atoms with Crippen molar-refractivity contribution in [2.24, 2.45) is 5.92 Å². The van der Waals surface area contributed by atoms with E-state index >= 15 is 0 Å². The Morgan fingerprint density at radius 3 is 2.60 bits per heavy atom. The number of carbonyl (C=O) groups is 1. The van der Waals surface area contributed by atoms with E-state index in [4.69, 9.17) is 16.3 Å². The van der Waals surface area contributed by atoms with Crippen LogP contribution in [0, 0.1) is 5.92 Å². The highest BCUT2D eigenvalue weighted by molar-refractivity contribution is 6.32. The molecule has 6 rings (SSSR count). The maximum absolute atomic E-state index is 13.3. The summed E-state index contributed by atoms with van der Waals surface area (Å²) in [5.41, 5.74) is 5.97. The number of Topliss-reactive ketones (excluding diaryl/α,β-unsaturated/α-hetero) is 1. The zero-order chi connectivity index (χ0) is 27.8. The third-order valence-corrected chi connectivity index (χ3v) is 8.26. The molecule has 2 fully saturated rings. The Labute approximate surface area is 239 Å². The van der Waals surface area contributed by atoms with E-state index in [0.29, 0.717) is 17.4 Å². The van der Waals surface area contributed by atoms with Gasteiger partial charge in [-0.25, -0.2) is 0 Å². The topological polar surface area (TPSA) is 86.7 Å². The Morgan fingerprint density at radius 1 is 1.10 bits per heavy atom. The third-order valence-electron chi connectivity index (χ3n) is 7.97. The number of aromatic hydroxyl groups is 1. The standard InChI is InChI=1S/C32H33ClN4O3/c1-34-24-11-12-37(18-24)17-19-3-8-23(9-4-19)36-30-25-13-21(22-14-27(33)32(39)29(15-22)40-2)7-10-28(25)35-16-26(30)31(38)20-5-6-20/h3-4,7-10,13-16,20,24,34,39H,5-6,11-12,17-18H2,1-2H3,(H,35,36). The van der Waals surface area contributed by atoms with Crippen LogP contribution in [-0.4, -0.2) is 54.1 Å². The van der Waals surface area contributed by atoms with Gasteiger partial charge in [0.1, 0.15) is 0 Å². The van der Waals surface area contributed by atoms with Crippen molar-refractivity contribution in [3.05, 3.63) is 76.9 Å². The van der Waals surface area contributed by atoms with E-state index in [1.165, 1.54) is 19.1 Å². The average molecular weight is 557 g/mol. The SMILES string of the molecule is CNC1CCN(Cc2ccc(Nc3c(C(=O)C4CC4)cnc4ccc(-c5cc(Cl)c(O)c(OC)c5)cc34)cc2)C1. The zero-order valence-corrected chi connectivity index (χ0v) is 23.5. The summed E-state index contributed by atoms with van der Waals surface area (Å²) < 4.78 is 5.31. The number of phenols is 1. The van der Waals surface area contributed by atoms with Crippen LogP contribution in [0.3, 0.4) is 0 Å². The van der Waals surface area contributed by atoms with Crippen molar-refractivity contribution in [1.82, 2.24) is 15.2 Å². The third kappa shape index (κ3) is 5.37. The lowest BCUT2D eigenvalue weighted by Crippen LogP contribution is -2.29. The van der Waals surface area contributed by atoms with Gasteiger partial charge in [0.05, 0.1) is 28.9 Å². The number of aromatic nitrogens is 1. The van der Waals surface area contributed by atoms with Gasteiger partial charge in [-0.15, -0.1) is 0 Å². The van der Waals surface area contributed by atoms with Crippen LogP contribution >= 0.6 is 11.6 Å². The lowest BCUT2D eigenvalue weighted by atomic mass is 9.98. The molecular weight excluding hydrogens is 524 g/mol. The fraction of sp³-hybridized carbons (Fsp3) is 0.312. The number of hydrogen-bond acceptors (Lipinski definition) is 7. The van der Waals surface area contributed by atoms with Crippen molar-refractivity contribution in [3.63, 3.8) is 0 Å². The van der Waals surface area contributed by atoms with Crippen LogP contribution in [0.15, 0.2) is 60.8 Å². The molecule has 1 aromatic heterocycles. The van der Waals surface area contributed by atoms with Crippen molar-refractivity contribution >= 4 is 39.7 Å². The zero-order valence-electron chi connectivity index (χ0n) is 22.7. The predicted molar refractivity (Wildman–Crippen MR) is 160 cm³/mol. The molecule has 1 unspecified atom stereocenters. The maximum atomic E-state index is 13.3. The van der Waals surface area contributed by atoms with Crippen LogP contribution in [0.5, 0.6) is 11.5 Å². The molecule has 4 aromatic rings. The minimum absolute atomic E-state index is 0.0624. The number of fused-ring (bicyclic) bond motifs is 1. The van der Waals surface area contributed by atoms with Gasteiger partial charge < -0.3 is 20.5 Å². The predicted octanol–water partition coefficient (Wildman–Crippen LogP) is 6.40. The minimum atomic E-state index is -0.0925. The van der Waals surface area contributed by atoms with Crippen molar-refractivity contribution in [2.75, 3.05) is 32.6 Å². The van der Waals surface area contributed by atoms with Crippen molar-refractivity contribution < 1.29 is 14.6 Å². The molecule has 1 aliphatic heterocycles. The van der Waals surface area contributed by atoms with Gasteiger partial charge in [-0.1, -0.05) is 29.8 Å². The number of phenolic OH excluding ortho intramolecular Hbond substituents is 1. The number of methoxy groups -OCH3 is 1. The van der Waals surface area contributed by atoms with Crippen molar-refractivity contribution in [1.29, 1.82) is 0 Å². The number of nitrogens with zero attached hydrogens (tertiary/aromatic N) is 2. The highest BCUT2D eigenvalue weighted by atomic mass is 35.5. The Kier molecular flexibility index (Phi) is 7.36. The van der Waals surface area contributed by atoms with Crippen molar-refractivity contribution in [3.8, 4) is 22.6 Å². The Bertz CT molecular complexity index is 1570. The highest BCUT2D eigenvalue weighted by Crippen LogP contribution is 2.41. The van der Waals surface area contributed by atoms with E-state index in [9.17, 15) is 9.90 Å². The number of halogens is 1. The van der Waals surface area contributed by atoms with Gasteiger partial charge in [-0.05, 0) is 79.4 Å². The number of rotatable bonds is 9. The normalized spacial score (nSPS) is 17.3. The van der Waals surface area contributed by atoms with Crippen LogP contribution in [-0.2, 0) is 6.54 Å². The molecule has 8 heteroatoms. The molecule has 2 heterocycles. The summed E-state index contributed by atoms with van der Waals surface area (Å²) in [4.78, 5) is 20.4. The summed E-state index contributed by atoms with van der Waals surface area (Å²) in [5, 5.41) is 18.2. The van der Waals surface area contributed by atoms with Crippen LogP contribution in [0.1, 0.15) is 35.2 Å². The molecule has 7 nitrogen and oxygen atoms in total. The second-order valence-electron chi connectivity index (χ2n) is 10.8. The molecule has 3 aromatic carbocycles. The number of likely N-dealkylation sites (N-methyl/N-ethyl adjacent to an activating group) is 1. The second-order valence-corrected chi connectivity index (χ2v) is 11.2. The Morgan fingerprint density at radius 2 is 1.90 bits per heavy atom. The van der Waals surface area contributed by atoms with E-state index in [0.717, 1.165) is 65.9 Å². The number of ether oxygens (including phenoxy) is 1. The first-order valence-electron chi connectivity index (χ1n) is 13.7. The van der Waals surface area contributed by atoms with E-state index < -0.39 is 0 Å². The lowest BCUT2D eigenvalue weighted by Gasteiger charge is -2.18. The van der Waals surface area contributed by atoms with Gasteiger partial charge in [0.15, 0.2) is 17.3 Å². The molecule has 0 spiro atoms. The van der Waals surface area contributed by atoms with Gasteiger partial charge in [-0.3, -0.25) is 14.7 Å². The maximum Gasteiger partial charge on any atom is 0.176 e. The van der Waals surface area contributed by atoms with Gasteiger partial charge >= 0.3 is 0 Å². The molecule has 1 atom stereocenters. The lowest BCUT2D eigenvalue weighted by molar-refractivity contribution is 0.0968. The smallest absolute Gasteiger partial charge is 0.176 e. The van der Waals surface area contributed by atoms with Crippen LogP contribution < -0.4 is 15.4 Å². The molecule has 0 amide bonds. The molecule has 206 valence electrons. The highest BCUT2D eigenvalue weighted by Gasteiger charge is 2.32. The van der Waals surface area contributed by atoms with Gasteiger partial charge in [0.2, 0.25) is 0 Å². The number of carbonyl (C=O) groups excluding carboxylic acids is 1. The van der Waals surface area contributed by atoms with Crippen LogP contribution in [0.2, 0.25) is 5.02 Å². The summed E-state index contributed by atoms with van der Waals surface area (Å²) in [6.07, 6.45) is 4.71. The Balaban J connectivity index is 1.35. The molecule has 1 saturated heterocycles. The summed E-state index contributed by atoms with van der Waals surface area (Å²) >= 11 is 6.29. The quantitative estimate of drug-likeness (QED) is 0.206. The largest absolute Gasteiger partial charge is 0.503 e. The molecule has 1 saturated carbocycles. The average Bonchev–Trinajstić information content (AvgIpc) is 3.73.